The predicted molar refractivity (Wildman–Crippen MR) is 123 cm³/mol. The third-order valence-corrected chi connectivity index (χ3v) is 6.84. The molecule has 1 saturated carbocycles. The number of fused-ring (bicyclic) bond motifs is 1. The Hall–Kier alpha value is -3.75. The van der Waals surface area contributed by atoms with Crippen LogP contribution in [0.2, 0.25) is 0 Å². The van der Waals surface area contributed by atoms with E-state index >= 15 is 0 Å². The molecule has 1 saturated heterocycles. The minimum absolute atomic E-state index is 0.00772. The van der Waals surface area contributed by atoms with Crippen molar-refractivity contribution in [2.24, 2.45) is 5.92 Å². The summed E-state index contributed by atoms with van der Waals surface area (Å²) in [6.45, 7) is 0. The molecule has 3 aromatic rings. The number of para-hydroxylation sites is 1. The molecule has 0 bridgehead atoms. The van der Waals surface area contributed by atoms with Crippen molar-refractivity contribution in [1.29, 1.82) is 0 Å². The third-order valence-electron chi connectivity index (χ3n) is 6.84. The lowest BCUT2D eigenvalue weighted by Crippen LogP contribution is -2.48. The van der Waals surface area contributed by atoms with Crippen molar-refractivity contribution in [3.8, 4) is 11.4 Å². The Bertz CT molecular complexity index is 1200. The van der Waals surface area contributed by atoms with Crippen molar-refractivity contribution >= 4 is 17.5 Å². The van der Waals surface area contributed by atoms with Crippen LogP contribution < -0.4 is 10.1 Å². The first kappa shape index (κ1) is 22.1. The predicted octanol–water partition coefficient (Wildman–Crippen LogP) is 3.83. The number of hydrogen-bond donors (Lipinski definition) is 1. The van der Waals surface area contributed by atoms with Crippen LogP contribution in [0, 0.1) is 11.7 Å². The van der Waals surface area contributed by atoms with Crippen LogP contribution in [0.5, 0.6) is 5.75 Å². The van der Waals surface area contributed by atoms with Gasteiger partial charge in [-0.3, -0.25) is 9.59 Å². The first-order valence-corrected chi connectivity index (χ1v) is 11.5. The zero-order valence-electron chi connectivity index (χ0n) is 18.9. The number of likely N-dealkylation sites (tertiary alicyclic amines) is 1. The van der Waals surface area contributed by atoms with Gasteiger partial charge in [0.25, 0.3) is 5.91 Å². The Balaban J connectivity index is 1.41. The zero-order valence-corrected chi connectivity index (χ0v) is 18.9. The van der Waals surface area contributed by atoms with E-state index in [1.54, 1.807) is 29.2 Å². The molecular weight excluding hydrogens is 437 g/mol. The van der Waals surface area contributed by atoms with Crippen LogP contribution >= 0.6 is 0 Å². The Morgan fingerprint density at radius 2 is 1.97 bits per heavy atom. The smallest absolute Gasteiger partial charge is 0.258 e. The van der Waals surface area contributed by atoms with Crippen molar-refractivity contribution in [1.82, 2.24) is 19.7 Å². The van der Waals surface area contributed by atoms with Crippen LogP contribution in [0.1, 0.15) is 42.5 Å². The topological polar surface area (TPSA) is 89.4 Å². The average Bonchev–Trinajstić information content (AvgIpc) is 3.52. The minimum atomic E-state index is -0.636. The molecule has 2 aromatic carbocycles. The molecule has 1 aliphatic carbocycles. The van der Waals surface area contributed by atoms with E-state index in [4.69, 9.17) is 4.74 Å². The first-order chi connectivity index (χ1) is 16.6. The highest BCUT2D eigenvalue weighted by molar-refractivity contribution is 6.03. The summed E-state index contributed by atoms with van der Waals surface area (Å²) in [5.74, 6) is -0.304. The van der Waals surface area contributed by atoms with E-state index in [1.165, 1.54) is 36.6 Å². The molecule has 1 N–H and O–H groups in total. The standard InChI is InChI=1S/C25H26FN5O3/c1-34-23-9-5-3-7-18(23)25(33)31-20-8-4-2-6-16(20)12-22(31)24(32)29-17-10-11-21(19(26)13-17)30-15-27-14-28-30/h3,5,7,9-11,13-16,20,22H,2,4,6,8,12H2,1H3,(H,29,32). The lowest BCUT2D eigenvalue weighted by Gasteiger charge is -2.34. The summed E-state index contributed by atoms with van der Waals surface area (Å²) >= 11 is 0. The summed E-state index contributed by atoms with van der Waals surface area (Å²) in [5.41, 5.74) is 0.999. The number of halogens is 1. The second-order valence-electron chi connectivity index (χ2n) is 8.77. The maximum absolute atomic E-state index is 14.7. The summed E-state index contributed by atoms with van der Waals surface area (Å²) in [4.78, 5) is 32.6. The Labute approximate surface area is 196 Å². The molecule has 5 rings (SSSR count). The Kier molecular flexibility index (Phi) is 6.00. The van der Waals surface area contributed by atoms with Crippen molar-refractivity contribution in [3.63, 3.8) is 0 Å². The van der Waals surface area contributed by atoms with Gasteiger partial charge in [0.15, 0.2) is 5.82 Å². The number of ether oxygens (including phenoxy) is 1. The second-order valence-corrected chi connectivity index (χ2v) is 8.77. The fourth-order valence-electron chi connectivity index (χ4n) is 5.28. The molecule has 34 heavy (non-hydrogen) atoms. The maximum atomic E-state index is 14.7. The Morgan fingerprint density at radius 3 is 2.74 bits per heavy atom. The molecule has 0 spiro atoms. The number of rotatable bonds is 5. The molecule has 2 amide bonds. The highest BCUT2D eigenvalue weighted by Crippen LogP contribution is 2.41. The number of amides is 2. The molecule has 3 unspecified atom stereocenters. The van der Waals surface area contributed by atoms with Crippen LogP contribution in [0.4, 0.5) is 10.1 Å². The van der Waals surface area contributed by atoms with E-state index in [1.807, 2.05) is 6.07 Å². The van der Waals surface area contributed by atoms with Gasteiger partial charge >= 0.3 is 0 Å². The average molecular weight is 464 g/mol. The van der Waals surface area contributed by atoms with E-state index in [9.17, 15) is 14.0 Å². The molecule has 8 nitrogen and oxygen atoms in total. The normalized spacial score (nSPS) is 21.7. The molecule has 2 heterocycles. The number of nitrogens with zero attached hydrogens (tertiary/aromatic N) is 4. The zero-order chi connectivity index (χ0) is 23.7. The molecule has 0 radical (unpaired) electrons. The molecule has 9 heteroatoms. The number of hydrogen-bond acceptors (Lipinski definition) is 5. The van der Waals surface area contributed by atoms with Crippen molar-refractivity contribution in [2.45, 2.75) is 44.2 Å². The van der Waals surface area contributed by atoms with E-state index < -0.39 is 11.9 Å². The van der Waals surface area contributed by atoms with Gasteiger partial charge in [0.2, 0.25) is 5.91 Å². The van der Waals surface area contributed by atoms with E-state index in [2.05, 4.69) is 15.4 Å². The van der Waals surface area contributed by atoms with Crippen LogP contribution in [-0.2, 0) is 4.79 Å². The number of carbonyl (C=O) groups excluding carboxylic acids is 2. The fourth-order valence-corrected chi connectivity index (χ4v) is 5.28. The van der Waals surface area contributed by atoms with Gasteiger partial charge in [0, 0.05) is 11.7 Å². The largest absolute Gasteiger partial charge is 0.496 e. The molecule has 1 aromatic heterocycles. The van der Waals surface area contributed by atoms with Crippen molar-refractivity contribution < 1.29 is 18.7 Å². The molecule has 1 aliphatic heterocycles. The summed E-state index contributed by atoms with van der Waals surface area (Å²) < 4.78 is 21.4. The highest BCUT2D eigenvalue weighted by Gasteiger charge is 2.48. The number of nitrogens with one attached hydrogen (secondary N) is 1. The van der Waals surface area contributed by atoms with Gasteiger partial charge in [-0.15, -0.1) is 0 Å². The summed E-state index contributed by atoms with van der Waals surface area (Å²) in [6.07, 6.45) is 7.31. The monoisotopic (exact) mass is 463 g/mol. The summed E-state index contributed by atoms with van der Waals surface area (Å²) in [6, 6.07) is 10.8. The van der Waals surface area contributed by atoms with Crippen molar-refractivity contribution in [2.75, 3.05) is 12.4 Å². The fraction of sp³-hybridized carbons (Fsp3) is 0.360. The van der Waals surface area contributed by atoms with E-state index in [-0.39, 0.29) is 29.5 Å². The number of carbonyl (C=O) groups is 2. The van der Waals surface area contributed by atoms with Gasteiger partial charge in [-0.2, -0.15) is 5.10 Å². The maximum Gasteiger partial charge on any atom is 0.258 e. The molecule has 3 atom stereocenters. The number of aromatic nitrogens is 3. The van der Waals surface area contributed by atoms with Gasteiger partial charge in [0.1, 0.15) is 30.1 Å². The van der Waals surface area contributed by atoms with Crippen LogP contribution in [0.15, 0.2) is 55.1 Å². The Morgan fingerprint density at radius 1 is 1.15 bits per heavy atom. The van der Waals surface area contributed by atoms with E-state index in [0.29, 0.717) is 23.4 Å². The summed E-state index contributed by atoms with van der Waals surface area (Å²) in [5, 5.41) is 6.76. The number of methoxy groups -OCH3 is 1. The number of benzene rings is 2. The van der Waals surface area contributed by atoms with Crippen LogP contribution in [0.25, 0.3) is 5.69 Å². The quantitative estimate of drug-likeness (QED) is 0.621. The van der Waals surface area contributed by atoms with Gasteiger partial charge in [0.05, 0.1) is 12.7 Å². The van der Waals surface area contributed by atoms with Gasteiger partial charge in [-0.05, 0) is 55.5 Å². The van der Waals surface area contributed by atoms with Crippen LogP contribution in [0.3, 0.4) is 0 Å². The van der Waals surface area contributed by atoms with Crippen LogP contribution in [-0.4, -0.2) is 50.7 Å². The minimum Gasteiger partial charge on any atom is -0.496 e. The van der Waals surface area contributed by atoms with Crippen molar-refractivity contribution in [3.05, 3.63) is 66.5 Å². The second kappa shape index (κ2) is 9.24. The van der Waals surface area contributed by atoms with Gasteiger partial charge in [-0.25, -0.2) is 14.1 Å². The SMILES string of the molecule is COc1ccccc1C(=O)N1C(C(=O)Nc2ccc(-n3cncn3)c(F)c2)CC2CCCCC21. The number of anilines is 1. The summed E-state index contributed by atoms with van der Waals surface area (Å²) in [7, 11) is 1.53. The molecule has 176 valence electrons. The molecule has 2 fully saturated rings. The lowest BCUT2D eigenvalue weighted by atomic mass is 9.84. The lowest BCUT2D eigenvalue weighted by molar-refractivity contribution is -0.120. The van der Waals surface area contributed by atoms with E-state index in [0.717, 1.165) is 25.7 Å². The van der Waals surface area contributed by atoms with Gasteiger partial charge < -0.3 is 15.0 Å². The van der Waals surface area contributed by atoms with Gasteiger partial charge in [-0.1, -0.05) is 25.0 Å². The third kappa shape index (κ3) is 4.02. The highest BCUT2D eigenvalue weighted by atomic mass is 19.1. The molecule has 2 aliphatic rings. The molecular formula is C25H26FN5O3. The first-order valence-electron chi connectivity index (χ1n) is 11.5.